The maximum absolute atomic E-state index is 9.61. The predicted molar refractivity (Wildman–Crippen MR) is 91.3 cm³/mol. The first-order valence-corrected chi connectivity index (χ1v) is 8.56. The largest absolute Gasteiger partial charge is 0.439 e. The minimum Gasteiger partial charge on any atom is -0.439 e. The monoisotopic (exact) mass is 334 g/mol. The Balaban J connectivity index is 1.64. The second kappa shape index (κ2) is 7.04. The van der Waals surface area contributed by atoms with Gasteiger partial charge in [0.05, 0.1) is 17.8 Å². The number of hydrogen-bond donors (Lipinski definition) is 1. The van der Waals surface area contributed by atoms with E-state index in [1.807, 2.05) is 24.3 Å². The van der Waals surface area contributed by atoms with E-state index in [1.165, 1.54) is 0 Å². The molecule has 124 valence electrons. The first-order chi connectivity index (χ1) is 11.2. The summed E-state index contributed by atoms with van der Waals surface area (Å²) in [5, 5.41) is 10.3. The molecule has 1 fully saturated rings. The second-order valence-corrected chi connectivity index (χ2v) is 6.79. The van der Waals surface area contributed by atoms with Crippen molar-refractivity contribution in [2.75, 3.05) is 19.7 Å². The molecule has 1 saturated heterocycles. The molecule has 0 saturated carbocycles. The van der Waals surface area contributed by atoms with E-state index >= 15 is 0 Å². The van der Waals surface area contributed by atoms with Crippen molar-refractivity contribution in [3.8, 4) is 11.3 Å². The summed E-state index contributed by atoms with van der Waals surface area (Å²) in [6.45, 7) is 5.09. The number of likely N-dealkylation sites (tertiary alicyclic amines) is 1. The summed E-state index contributed by atoms with van der Waals surface area (Å²) in [5.74, 6) is 1.42. The number of aliphatic hydroxyl groups is 1. The Labute approximate surface area is 142 Å². The van der Waals surface area contributed by atoms with Crippen LogP contribution in [0.2, 0.25) is 5.02 Å². The second-order valence-electron chi connectivity index (χ2n) is 6.39. The quantitative estimate of drug-likeness (QED) is 0.898. The van der Waals surface area contributed by atoms with Crippen LogP contribution >= 0.6 is 11.6 Å². The van der Waals surface area contributed by atoms with Gasteiger partial charge in [-0.15, -0.1) is 0 Å². The van der Waals surface area contributed by atoms with Crippen LogP contribution in [0.3, 0.4) is 0 Å². The summed E-state index contributed by atoms with van der Waals surface area (Å²) in [6.07, 6.45) is 4.83. The zero-order valence-electron chi connectivity index (χ0n) is 13.5. The van der Waals surface area contributed by atoms with Crippen molar-refractivity contribution in [1.29, 1.82) is 0 Å². The van der Waals surface area contributed by atoms with Crippen molar-refractivity contribution in [1.82, 2.24) is 9.88 Å². The Morgan fingerprint density at radius 2 is 2.04 bits per heavy atom. The lowest BCUT2D eigenvalue weighted by molar-refractivity contribution is 0.0355. The molecule has 1 aromatic carbocycles. The average Bonchev–Trinajstić information content (AvgIpc) is 3.04. The zero-order valence-corrected chi connectivity index (χ0v) is 14.2. The van der Waals surface area contributed by atoms with E-state index < -0.39 is 0 Å². The van der Waals surface area contributed by atoms with Gasteiger partial charge in [0, 0.05) is 12.2 Å². The van der Waals surface area contributed by atoms with E-state index in [2.05, 4.69) is 16.8 Å². The molecule has 2 heterocycles. The van der Waals surface area contributed by atoms with Gasteiger partial charge in [-0.05, 0) is 49.9 Å². The van der Waals surface area contributed by atoms with Gasteiger partial charge in [0.1, 0.15) is 0 Å². The van der Waals surface area contributed by atoms with Gasteiger partial charge in [-0.1, -0.05) is 30.7 Å². The molecular formula is C18H23ClN2O2. The minimum atomic E-state index is 0.107. The summed E-state index contributed by atoms with van der Waals surface area (Å²) in [7, 11) is 0. The van der Waals surface area contributed by atoms with E-state index in [0.717, 1.165) is 37.9 Å². The lowest BCUT2D eigenvalue weighted by atomic mass is 9.77. The third-order valence-electron chi connectivity index (χ3n) is 5.05. The van der Waals surface area contributed by atoms with E-state index in [1.54, 1.807) is 6.20 Å². The number of hydrogen-bond acceptors (Lipinski definition) is 4. The molecule has 0 bridgehead atoms. The summed E-state index contributed by atoms with van der Waals surface area (Å²) in [5.41, 5.74) is 0.979. The van der Waals surface area contributed by atoms with Gasteiger partial charge in [0.25, 0.3) is 0 Å². The molecule has 0 atom stereocenters. The Bertz CT molecular complexity index is 642. The molecular weight excluding hydrogens is 312 g/mol. The summed E-state index contributed by atoms with van der Waals surface area (Å²) in [6, 6.07) is 7.62. The highest BCUT2D eigenvalue weighted by molar-refractivity contribution is 6.33. The number of aromatic nitrogens is 1. The first kappa shape index (κ1) is 16.5. The molecule has 0 radical (unpaired) electrons. The van der Waals surface area contributed by atoms with Crippen LogP contribution in [-0.4, -0.2) is 34.7 Å². The number of halogens is 1. The van der Waals surface area contributed by atoms with Gasteiger partial charge >= 0.3 is 0 Å². The molecule has 1 aromatic heterocycles. The molecule has 4 nitrogen and oxygen atoms in total. The third-order valence-corrected chi connectivity index (χ3v) is 5.38. The number of aliphatic hydroxyl groups excluding tert-OH is 1. The lowest BCUT2D eigenvalue weighted by Gasteiger charge is -2.39. The highest BCUT2D eigenvalue weighted by Crippen LogP contribution is 2.35. The molecule has 0 amide bonds. The summed E-state index contributed by atoms with van der Waals surface area (Å²) < 4.78 is 5.87. The number of piperidine rings is 1. The van der Waals surface area contributed by atoms with Gasteiger partial charge < -0.3 is 9.52 Å². The smallest absolute Gasteiger partial charge is 0.209 e. The fourth-order valence-electron chi connectivity index (χ4n) is 3.17. The van der Waals surface area contributed by atoms with Crippen molar-refractivity contribution >= 4 is 11.6 Å². The van der Waals surface area contributed by atoms with Crippen molar-refractivity contribution in [2.45, 2.75) is 32.7 Å². The van der Waals surface area contributed by atoms with Crippen LogP contribution in [0.4, 0.5) is 0 Å². The normalized spacial score (nSPS) is 18.2. The van der Waals surface area contributed by atoms with Gasteiger partial charge in [-0.2, -0.15) is 0 Å². The SMILES string of the molecule is CCC1(CO)CCN(Cc2ncc(-c3ccccc3Cl)o2)CC1. The number of rotatable bonds is 5. The van der Waals surface area contributed by atoms with Gasteiger partial charge in [-0.25, -0.2) is 4.98 Å². The fraction of sp³-hybridized carbons (Fsp3) is 0.500. The van der Waals surface area contributed by atoms with Gasteiger partial charge in [-0.3, -0.25) is 4.90 Å². The summed E-state index contributed by atoms with van der Waals surface area (Å²) >= 11 is 6.20. The Kier molecular flexibility index (Phi) is 5.05. The Morgan fingerprint density at radius 3 is 2.70 bits per heavy atom. The molecule has 0 spiro atoms. The first-order valence-electron chi connectivity index (χ1n) is 8.18. The van der Waals surface area contributed by atoms with Crippen LogP contribution in [-0.2, 0) is 6.54 Å². The number of oxazole rings is 1. The van der Waals surface area contributed by atoms with E-state index in [4.69, 9.17) is 16.0 Å². The van der Waals surface area contributed by atoms with Crippen LogP contribution in [0.1, 0.15) is 32.1 Å². The van der Waals surface area contributed by atoms with Crippen molar-refractivity contribution in [2.24, 2.45) is 5.41 Å². The standard InChI is InChI=1S/C18H23ClN2O2/c1-2-18(13-22)7-9-21(10-8-18)12-17-20-11-16(23-17)14-5-3-4-6-15(14)19/h3-6,11,22H,2,7-10,12-13H2,1H3. The van der Waals surface area contributed by atoms with E-state index in [9.17, 15) is 5.11 Å². The van der Waals surface area contributed by atoms with E-state index in [0.29, 0.717) is 23.2 Å². The maximum Gasteiger partial charge on any atom is 0.209 e. The van der Waals surface area contributed by atoms with Crippen molar-refractivity contribution in [3.63, 3.8) is 0 Å². The third kappa shape index (κ3) is 3.60. The Morgan fingerprint density at radius 1 is 1.30 bits per heavy atom. The van der Waals surface area contributed by atoms with Crippen LogP contribution in [0.5, 0.6) is 0 Å². The fourth-order valence-corrected chi connectivity index (χ4v) is 3.40. The van der Waals surface area contributed by atoms with Crippen molar-refractivity contribution < 1.29 is 9.52 Å². The highest BCUT2D eigenvalue weighted by Gasteiger charge is 2.32. The average molecular weight is 335 g/mol. The van der Waals surface area contributed by atoms with Crippen LogP contribution in [0.15, 0.2) is 34.9 Å². The van der Waals surface area contributed by atoms with Crippen molar-refractivity contribution in [3.05, 3.63) is 41.4 Å². The number of benzene rings is 1. The predicted octanol–water partition coefficient (Wildman–Crippen LogP) is 3.98. The molecule has 0 unspecified atom stereocenters. The Hall–Kier alpha value is -1.36. The molecule has 1 aliphatic rings. The topological polar surface area (TPSA) is 49.5 Å². The summed E-state index contributed by atoms with van der Waals surface area (Å²) in [4.78, 5) is 6.73. The van der Waals surface area contributed by atoms with Crippen LogP contribution < -0.4 is 0 Å². The number of nitrogens with zero attached hydrogens (tertiary/aromatic N) is 2. The molecule has 3 rings (SSSR count). The molecule has 23 heavy (non-hydrogen) atoms. The highest BCUT2D eigenvalue weighted by atomic mass is 35.5. The van der Waals surface area contributed by atoms with Crippen LogP contribution in [0.25, 0.3) is 11.3 Å². The molecule has 1 N–H and O–H groups in total. The molecule has 0 aliphatic carbocycles. The molecule has 5 heteroatoms. The van der Waals surface area contributed by atoms with Crippen LogP contribution in [0, 0.1) is 5.41 Å². The van der Waals surface area contributed by atoms with Gasteiger partial charge in [0.2, 0.25) is 5.89 Å². The van der Waals surface area contributed by atoms with E-state index in [-0.39, 0.29) is 12.0 Å². The molecule has 1 aliphatic heterocycles. The lowest BCUT2D eigenvalue weighted by Crippen LogP contribution is -2.41. The zero-order chi connectivity index (χ0) is 16.3. The molecule has 2 aromatic rings. The van der Waals surface area contributed by atoms with Gasteiger partial charge in [0.15, 0.2) is 5.76 Å². The minimum absolute atomic E-state index is 0.107. The maximum atomic E-state index is 9.61.